The number of aromatic nitrogens is 2. The number of carbonyl (C=O) groups excluding carboxylic acids is 1. The zero-order chi connectivity index (χ0) is 16.4. The van der Waals surface area contributed by atoms with Crippen LogP contribution in [0.3, 0.4) is 0 Å². The van der Waals surface area contributed by atoms with Crippen LogP contribution in [0.1, 0.15) is 21.6 Å². The van der Waals surface area contributed by atoms with Crippen LogP contribution in [0, 0.1) is 13.8 Å². The summed E-state index contributed by atoms with van der Waals surface area (Å²) in [5, 5.41) is 7.28. The summed E-state index contributed by atoms with van der Waals surface area (Å²) >= 11 is 3.42. The summed E-state index contributed by atoms with van der Waals surface area (Å²) in [6, 6.07) is 15.5. The summed E-state index contributed by atoms with van der Waals surface area (Å²) in [5.41, 5.74) is 4.11. The lowest BCUT2D eigenvalue weighted by Gasteiger charge is -2.09. The molecule has 0 bridgehead atoms. The van der Waals surface area contributed by atoms with Crippen molar-refractivity contribution in [2.75, 3.05) is 5.32 Å². The number of nitrogens with zero attached hydrogens (tertiary/aromatic N) is 2. The summed E-state index contributed by atoms with van der Waals surface area (Å²) in [6.07, 6.45) is 1.60. The molecule has 116 valence electrons. The third-order valence-electron chi connectivity index (χ3n) is 3.69. The van der Waals surface area contributed by atoms with Gasteiger partial charge >= 0.3 is 0 Å². The molecule has 5 heteroatoms. The molecular weight excluding hydrogens is 354 g/mol. The lowest BCUT2D eigenvalue weighted by molar-refractivity contribution is 0.102. The number of hydrogen-bond donors (Lipinski definition) is 1. The minimum atomic E-state index is -0.157. The molecule has 4 nitrogen and oxygen atoms in total. The van der Waals surface area contributed by atoms with Gasteiger partial charge in [0.1, 0.15) is 0 Å². The van der Waals surface area contributed by atoms with E-state index in [0.717, 1.165) is 27.1 Å². The minimum Gasteiger partial charge on any atom is -0.322 e. The Hall–Kier alpha value is -2.40. The number of hydrogen-bond acceptors (Lipinski definition) is 2. The van der Waals surface area contributed by atoms with E-state index in [9.17, 15) is 4.79 Å². The van der Waals surface area contributed by atoms with Crippen molar-refractivity contribution >= 4 is 27.5 Å². The molecule has 0 atom stereocenters. The molecular formula is C18H16BrN3O. The fourth-order valence-electron chi connectivity index (χ4n) is 2.42. The van der Waals surface area contributed by atoms with E-state index in [2.05, 4.69) is 26.3 Å². The molecule has 1 N–H and O–H groups in total. The zero-order valence-electron chi connectivity index (χ0n) is 12.9. The van der Waals surface area contributed by atoms with Crippen molar-refractivity contribution in [1.29, 1.82) is 0 Å². The van der Waals surface area contributed by atoms with Crippen molar-refractivity contribution in [2.24, 2.45) is 0 Å². The second-order valence-electron chi connectivity index (χ2n) is 5.30. The molecule has 3 aromatic rings. The molecule has 1 amide bonds. The van der Waals surface area contributed by atoms with Gasteiger partial charge in [-0.3, -0.25) is 4.79 Å². The summed E-state index contributed by atoms with van der Waals surface area (Å²) in [7, 11) is 0. The smallest absolute Gasteiger partial charge is 0.259 e. The molecule has 2 aromatic carbocycles. The first-order valence-electron chi connectivity index (χ1n) is 7.24. The lowest BCUT2D eigenvalue weighted by Crippen LogP contribution is -2.14. The molecule has 0 spiro atoms. The van der Waals surface area contributed by atoms with E-state index >= 15 is 0 Å². The van der Waals surface area contributed by atoms with E-state index < -0.39 is 0 Å². The van der Waals surface area contributed by atoms with Gasteiger partial charge in [-0.05, 0) is 49.7 Å². The second-order valence-corrected chi connectivity index (χ2v) is 6.22. The molecule has 1 aromatic heterocycles. The van der Waals surface area contributed by atoms with Crippen LogP contribution in [0.4, 0.5) is 5.69 Å². The van der Waals surface area contributed by atoms with Gasteiger partial charge in [-0.25, -0.2) is 4.68 Å². The number of para-hydroxylation sites is 1. The minimum absolute atomic E-state index is 0.157. The molecule has 0 radical (unpaired) electrons. The quantitative estimate of drug-likeness (QED) is 0.738. The van der Waals surface area contributed by atoms with Crippen LogP contribution in [0.25, 0.3) is 5.69 Å². The molecule has 0 aliphatic heterocycles. The molecule has 0 saturated heterocycles. The van der Waals surface area contributed by atoms with Gasteiger partial charge in [0, 0.05) is 10.2 Å². The molecule has 3 rings (SSSR count). The number of carbonyl (C=O) groups is 1. The van der Waals surface area contributed by atoms with E-state index in [-0.39, 0.29) is 5.91 Å². The molecule has 0 unspecified atom stereocenters. The number of nitrogens with one attached hydrogen (secondary N) is 1. The van der Waals surface area contributed by atoms with Crippen LogP contribution in [0.5, 0.6) is 0 Å². The van der Waals surface area contributed by atoms with E-state index in [4.69, 9.17) is 0 Å². The number of aryl methyl sites for hydroxylation is 1. The predicted molar refractivity (Wildman–Crippen MR) is 95.1 cm³/mol. The Kier molecular flexibility index (Phi) is 4.30. The van der Waals surface area contributed by atoms with Gasteiger partial charge in [0.05, 0.1) is 23.1 Å². The Morgan fingerprint density at radius 3 is 2.57 bits per heavy atom. The van der Waals surface area contributed by atoms with Crippen molar-refractivity contribution in [3.63, 3.8) is 0 Å². The van der Waals surface area contributed by atoms with Crippen molar-refractivity contribution in [1.82, 2.24) is 9.78 Å². The Balaban J connectivity index is 1.88. The van der Waals surface area contributed by atoms with Crippen molar-refractivity contribution < 1.29 is 4.79 Å². The zero-order valence-corrected chi connectivity index (χ0v) is 14.5. The van der Waals surface area contributed by atoms with Crippen molar-refractivity contribution in [3.8, 4) is 5.69 Å². The van der Waals surface area contributed by atoms with Crippen LogP contribution < -0.4 is 5.32 Å². The van der Waals surface area contributed by atoms with Crippen LogP contribution in [0.2, 0.25) is 0 Å². The predicted octanol–water partition coefficient (Wildman–Crippen LogP) is 4.50. The van der Waals surface area contributed by atoms with Gasteiger partial charge in [0.25, 0.3) is 5.91 Å². The maximum absolute atomic E-state index is 12.5. The van der Waals surface area contributed by atoms with Gasteiger partial charge in [0.15, 0.2) is 0 Å². The SMILES string of the molecule is Cc1cc(Br)ccc1NC(=O)c1cnn(-c2ccccc2)c1C. The first-order chi connectivity index (χ1) is 11.1. The van der Waals surface area contributed by atoms with Crippen LogP contribution in [-0.4, -0.2) is 15.7 Å². The van der Waals surface area contributed by atoms with E-state index in [1.807, 2.05) is 62.4 Å². The molecule has 0 saturated carbocycles. The molecule has 1 heterocycles. The molecule has 0 fully saturated rings. The summed E-state index contributed by atoms with van der Waals surface area (Å²) < 4.78 is 2.75. The van der Waals surface area contributed by atoms with E-state index in [1.54, 1.807) is 10.9 Å². The number of rotatable bonds is 3. The first kappa shape index (κ1) is 15.5. The second kappa shape index (κ2) is 6.38. The highest BCUT2D eigenvalue weighted by atomic mass is 79.9. The normalized spacial score (nSPS) is 10.6. The average Bonchev–Trinajstić information content (AvgIpc) is 2.92. The highest BCUT2D eigenvalue weighted by Crippen LogP contribution is 2.21. The van der Waals surface area contributed by atoms with Crippen molar-refractivity contribution in [2.45, 2.75) is 13.8 Å². The van der Waals surface area contributed by atoms with Crippen LogP contribution >= 0.6 is 15.9 Å². The number of benzene rings is 2. The summed E-state index contributed by atoms with van der Waals surface area (Å²) in [5.74, 6) is -0.157. The standard InChI is InChI=1S/C18H16BrN3O/c1-12-10-14(19)8-9-17(12)21-18(23)16-11-20-22(13(16)2)15-6-4-3-5-7-15/h3-11H,1-2H3,(H,21,23). The third kappa shape index (κ3) is 3.19. The maximum Gasteiger partial charge on any atom is 0.259 e. The van der Waals surface area contributed by atoms with Crippen molar-refractivity contribution in [3.05, 3.63) is 76.0 Å². The van der Waals surface area contributed by atoms with E-state index in [0.29, 0.717) is 5.56 Å². The fourth-order valence-corrected chi connectivity index (χ4v) is 2.89. The molecule has 0 aliphatic rings. The van der Waals surface area contributed by atoms with Crippen LogP contribution in [0.15, 0.2) is 59.2 Å². The Morgan fingerprint density at radius 1 is 1.13 bits per heavy atom. The van der Waals surface area contributed by atoms with Crippen LogP contribution in [-0.2, 0) is 0 Å². The van der Waals surface area contributed by atoms with E-state index in [1.165, 1.54) is 0 Å². The first-order valence-corrected chi connectivity index (χ1v) is 8.03. The van der Waals surface area contributed by atoms with Gasteiger partial charge in [-0.15, -0.1) is 0 Å². The summed E-state index contributed by atoms with van der Waals surface area (Å²) in [4.78, 5) is 12.5. The Bertz CT molecular complexity index is 856. The number of halogens is 1. The molecule has 0 aliphatic carbocycles. The third-order valence-corrected chi connectivity index (χ3v) is 4.19. The number of anilines is 1. The monoisotopic (exact) mass is 369 g/mol. The Morgan fingerprint density at radius 2 is 1.87 bits per heavy atom. The lowest BCUT2D eigenvalue weighted by atomic mass is 10.2. The topological polar surface area (TPSA) is 46.9 Å². The molecule has 23 heavy (non-hydrogen) atoms. The van der Waals surface area contributed by atoms with Gasteiger partial charge in [-0.2, -0.15) is 5.10 Å². The maximum atomic E-state index is 12.5. The largest absolute Gasteiger partial charge is 0.322 e. The van der Waals surface area contributed by atoms with Gasteiger partial charge in [0.2, 0.25) is 0 Å². The highest BCUT2D eigenvalue weighted by Gasteiger charge is 2.15. The Labute approximate surface area is 143 Å². The number of amides is 1. The van der Waals surface area contributed by atoms with Gasteiger partial charge < -0.3 is 5.32 Å². The summed E-state index contributed by atoms with van der Waals surface area (Å²) in [6.45, 7) is 3.85. The fraction of sp³-hybridized carbons (Fsp3) is 0.111. The average molecular weight is 370 g/mol. The highest BCUT2D eigenvalue weighted by molar-refractivity contribution is 9.10. The van der Waals surface area contributed by atoms with Gasteiger partial charge in [-0.1, -0.05) is 34.1 Å².